The van der Waals surface area contributed by atoms with Gasteiger partial charge in [-0.3, -0.25) is 14.5 Å². The number of nitrogens with one attached hydrogen (secondary N) is 2. The van der Waals surface area contributed by atoms with Crippen molar-refractivity contribution in [2.75, 3.05) is 24.9 Å². The molecule has 0 aliphatic heterocycles. The number of benzene rings is 3. The summed E-state index contributed by atoms with van der Waals surface area (Å²) in [5.41, 5.74) is 3.12. The smallest absolute Gasteiger partial charge is 0.261 e. The zero-order valence-corrected chi connectivity index (χ0v) is 22.5. The number of methoxy groups -OCH3 is 2. The van der Waals surface area contributed by atoms with Crippen LogP contribution in [0.4, 0.5) is 21.6 Å². The van der Waals surface area contributed by atoms with E-state index in [1.165, 1.54) is 23.9 Å². The van der Waals surface area contributed by atoms with Gasteiger partial charge in [0.15, 0.2) is 28.9 Å². The predicted octanol–water partition coefficient (Wildman–Crippen LogP) is 6.48. The summed E-state index contributed by atoms with van der Waals surface area (Å²) < 4.78 is 33.4. The van der Waals surface area contributed by atoms with E-state index in [9.17, 15) is 4.79 Å². The van der Waals surface area contributed by atoms with Crippen molar-refractivity contribution >= 4 is 34.0 Å². The lowest BCUT2D eigenvalue weighted by Crippen LogP contribution is -2.13. The van der Waals surface area contributed by atoms with Crippen LogP contribution in [0, 0.1) is 5.82 Å². The maximum atomic E-state index is 15.2. The minimum absolute atomic E-state index is 0.0163. The summed E-state index contributed by atoms with van der Waals surface area (Å²) in [6.45, 7) is 2.05. The van der Waals surface area contributed by atoms with Gasteiger partial charge in [-0.1, -0.05) is 19.1 Å². The highest BCUT2D eigenvalue weighted by Crippen LogP contribution is 2.37. The first kappa shape index (κ1) is 26.5. The standard InChI is InChI=1S/C30H28FN5O4/c1-5-18-7-6-8-19(13-18)34-30(37)22-17-36(2)35-29(22)33-20-9-10-26(23(31)14-20)40-25-11-12-32-24-16-28(39-4)27(38-3)15-21(24)25/h6-17H,5H2,1-4H3,(H,33,35)(H,34,37). The molecule has 0 atom stereocenters. The van der Waals surface area contributed by atoms with Gasteiger partial charge in [0.1, 0.15) is 11.3 Å². The van der Waals surface area contributed by atoms with Gasteiger partial charge in [0.2, 0.25) is 0 Å². The Balaban J connectivity index is 1.36. The summed E-state index contributed by atoms with van der Waals surface area (Å²) in [5.74, 6) is 0.805. The zero-order valence-electron chi connectivity index (χ0n) is 22.5. The highest BCUT2D eigenvalue weighted by molar-refractivity contribution is 6.07. The van der Waals surface area contributed by atoms with Crippen molar-refractivity contribution in [3.8, 4) is 23.0 Å². The monoisotopic (exact) mass is 541 g/mol. The first-order valence-electron chi connectivity index (χ1n) is 12.6. The molecule has 0 radical (unpaired) electrons. The number of ether oxygens (including phenoxy) is 3. The van der Waals surface area contributed by atoms with Crippen LogP contribution in [0.1, 0.15) is 22.8 Å². The Hall–Kier alpha value is -5.12. The number of halogens is 1. The van der Waals surface area contributed by atoms with Crippen molar-refractivity contribution in [1.82, 2.24) is 14.8 Å². The number of anilines is 3. The molecule has 5 rings (SSSR count). The third-order valence-corrected chi connectivity index (χ3v) is 6.29. The van der Waals surface area contributed by atoms with Gasteiger partial charge in [0.25, 0.3) is 5.91 Å². The molecule has 204 valence electrons. The number of hydrogen-bond acceptors (Lipinski definition) is 7. The minimum Gasteiger partial charge on any atom is -0.493 e. The summed E-state index contributed by atoms with van der Waals surface area (Å²) in [7, 11) is 4.79. The van der Waals surface area contributed by atoms with Gasteiger partial charge in [0.05, 0.1) is 19.7 Å². The summed E-state index contributed by atoms with van der Waals surface area (Å²) in [6.07, 6.45) is 4.03. The Morgan fingerprint density at radius 2 is 1.75 bits per heavy atom. The van der Waals surface area contributed by atoms with E-state index in [0.717, 1.165) is 12.0 Å². The Labute approximate surface area is 230 Å². The summed E-state index contributed by atoms with van der Waals surface area (Å²) >= 11 is 0. The highest BCUT2D eigenvalue weighted by Gasteiger charge is 2.18. The largest absolute Gasteiger partial charge is 0.493 e. The van der Waals surface area contributed by atoms with Crippen LogP contribution in [-0.2, 0) is 13.5 Å². The molecule has 1 amide bonds. The van der Waals surface area contributed by atoms with Crippen LogP contribution in [-0.4, -0.2) is 34.9 Å². The number of carbonyl (C=O) groups is 1. The molecule has 0 fully saturated rings. The second-order valence-corrected chi connectivity index (χ2v) is 8.98. The van der Waals surface area contributed by atoms with E-state index in [-0.39, 0.29) is 11.7 Å². The van der Waals surface area contributed by atoms with Crippen LogP contribution in [0.3, 0.4) is 0 Å². The van der Waals surface area contributed by atoms with E-state index in [1.54, 1.807) is 50.8 Å². The van der Waals surface area contributed by atoms with Crippen LogP contribution in [0.25, 0.3) is 10.9 Å². The summed E-state index contributed by atoms with van der Waals surface area (Å²) in [5, 5.41) is 10.9. The molecule has 0 aliphatic carbocycles. The van der Waals surface area contributed by atoms with E-state index in [4.69, 9.17) is 14.2 Å². The quantitative estimate of drug-likeness (QED) is 0.220. The lowest BCUT2D eigenvalue weighted by Gasteiger charge is -2.13. The zero-order chi connectivity index (χ0) is 28.2. The number of hydrogen-bond donors (Lipinski definition) is 2. The molecule has 2 aromatic heterocycles. The molecule has 0 saturated carbocycles. The molecule has 40 heavy (non-hydrogen) atoms. The molecule has 9 nitrogen and oxygen atoms in total. The molecule has 0 unspecified atom stereocenters. The Kier molecular flexibility index (Phi) is 7.50. The van der Waals surface area contributed by atoms with Crippen LogP contribution < -0.4 is 24.8 Å². The number of rotatable bonds is 9. The lowest BCUT2D eigenvalue weighted by molar-refractivity contribution is 0.102. The van der Waals surface area contributed by atoms with Gasteiger partial charge >= 0.3 is 0 Å². The van der Waals surface area contributed by atoms with Crippen LogP contribution >= 0.6 is 0 Å². The van der Waals surface area contributed by atoms with E-state index >= 15 is 4.39 Å². The van der Waals surface area contributed by atoms with Gasteiger partial charge in [-0.2, -0.15) is 5.10 Å². The fourth-order valence-corrected chi connectivity index (χ4v) is 4.27. The average Bonchev–Trinajstić information content (AvgIpc) is 3.33. The molecule has 2 heterocycles. The Morgan fingerprint density at radius 1 is 0.950 bits per heavy atom. The third-order valence-electron chi connectivity index (χ3n) is 6.29. The normalized spacial score (nSPS) is 10.8. The third kappa shape index (κ3) is 5.51. The SMILES string of the molecule is CCc1cccc(NC(=O)c2cn(C)nc2Nc2ccc(Oc3ccnc4cc(OC)c(OC)cc34)c(F)c2)c1. The van der Waals surface area contributed by atoms with Gasteiger partial charge < -0.3 is 24.8 Å². The number of fused-ring (bicyclic) bond motifs is 1. The van der Waals surface area contributed by atoms with Gasteiger partial charge in [-0.05, 0) is 48.4 Å². The van der Waals surface area contributed by atoms with Crippen LogP contribution in [0.5, 0.6) is 23.0 Å². The fourth-order valence-electron chi connectivity index (χ4n) is 4.27. The van der Waals surface area contributed by atoms with Gasteiger partial charge in [-0.15, -0.1) is 0 Å². The maximum Gasteiger partial charge on any atom is 0.261 e. The molecule has 0 saturated heterocycles. The van der Waals surface area contributed by atoms with Gasteiger partial charge in [-0.25, -0.2) is 4.39 Å². The second kappa shape index (κ2) is 11.3. The Morgan fingerprint density at radius 3 is 2.50 bits per heavy atom. The molecule has 5 aromatic rings. The van der Waals surface area contributed by atoms with Crippen molar-refractivity contribution in [3.63, 3.8) is 0 Å². The van der Waals surface area contributed by atoms with Crippen molar-refractivity contribution in [2.45, 2.75) is 13.3 Å². The van der Waals surface area contributed by atoms with E-state index in [1.807, 2.05) is 31.2 Å². The fraction of sp³-hybridized carbons (Fsp3) is 0.167. The first-order chi connectivity index (χ1) is 19.4. The minimum atomic E-state index is -0.603. The first-order valence-corrected chi connectivity index (χ1v) is 12.6. The van der Waals surface area contributed by atoms with E-state index in [0.29, 0.717) is 50.9 Å². The molecule has 3 aromatic carbocycles. The topological polar surface area (TPSA) is 99.5 Å². The number of aryl methyl sites for hydroxylation is 2. The van der Waals surface area contributed by atoms with Crippen molar-refractivity contribution < 1.29 is 23.4 Å². The lowest BCUT2D eigenvalue weighted by atomic mass is 10.1. The molecular formula is C30H28FN5O4. The van der Waals surface area contributed by atoms with Crippen LogP contribution in [0.2, 0.25) is 0 Å². The number of carbonyl (C=O) groups excluding carboxylic acids is 1. The highest BCUT2D eigenvalue weighted by atomic mass is 19.1. The maximum absolute atomic E-state index is 15.2. The molecule has 0 aliphatic rings. The predicted molar refractivity (Wildman–Crippen MR) is 152 cm³/mol. The summed E-state index contributed by atoms with van der Waals surface area (Å²) in [4.78, 5) is 17.4. The van der Waals surface area contributed by atoms with E-state index < -0.39 is 5.82 Å². The Bertz CT molecular complexity index is 1700. The summed E-state index contributed by atoms with van der Waals surface area (Å²) in [6, 6.07) is 17.2. The van der Waals surface area contributed by atoms with Crippen molar-refractivity contribution in [1.29, 1.82) is 0 Å². The average molecular weight is 542 g/mol. The molecule has 0 spiro atoms. The second-order valence-electron chi connectivity index (χ2n) is 8.98. The van der Waals surface area contributed by atoms with Crippen molar-refractivity contribution in [2.24, 2.45) is 7.05 Å². The number of amides is 1. The molecule has 10 heteroatoms. The molecule has 0 bridgehead atoms. The number of pyridine rings is 1. The number of aromatic nitrogens is 3. The van der Waals surface area contributed by atoms with Gasteiger partial charge in [0, 0.05) is 48.3 Å². The van der Waals surface area contributed by atoms with E-state index in [2.05, 4.69) is 20.7 Å². The molecule has 2 N–H and O–H groups in total. The van der Waals surface area contributed by atoms with Crippen molar-refractivity contribution in [3.05, 3.63) is 90.0 Å². The number of nitrogens with zero attached hydrogens (tertiary/aromatic N) is 3. The van der Waals surface area contributed by atoms with Crippen LogP contribution in [0.15, 0.2) is 73.1 Å². The molecular weight excluding hydrogens is 513 g/mol.